The number of carbonyl (C=O) groups is 1. The molecule has 1 atom stereocenters. The van der Waals surface area contributed by atoms with Crippen LogP contribution < -0.4 is 15.8 Å². The zero-order valence-corrected chi connectivity index (χ0v) is 13.8. The first-order valence-corrected chi connectivity index (χ1v) is 8.20. The molecule has 2 aromatic rings. The summed E-state index contributed by atoms with van der Waals surface area (Å²) < 4.78 is 6.53. The van der Waals surface area contributed by atoms with E-state index in [4.69, 9.17) is 4.42 Å². The Balaban J connectivity index is 1.56. The molecular formula is C17H22N4O3. The number of furan rings is 1. The first kappa shape index (κ1) is 16.3. The molecule has 2 aromatic heterocycles. The third-order valence-electron chi connectivity index (χ3n) is 4.31. The minimum absolute atomic E-state index is 0.0250. The van der Waals surface area contributed by atoms with Crippen molar-refractivity contribution in [1.82, 2.24) is 14.9 Å². The summed E-state index contributed by atoms with van der Waals surface area (Å²) in [4.78, 5) is 30.5. The van der Waals surface area contributed by atoms with Gasteiger partial charge >= 0.3 is 0 Å². The van der Waals surface area contributed by atoms with Crippen molar-refractivity contribution >= 4 is 11.7 Å². The van der Waals surface area contributed by atoms with Gasteiger partial charge in [0.1, 0.15) is 0 Å². The number of piperidine rings is 1. The highest BCUT2D eigenvalue weighted by atomic mass is 16.3. The summed E-state index contributed by atoms with van der Waals surface area (Å²) in [5.74, 6) is 0.481. The van der Waals surface area contributed by atoms with Crippen LogP contribution in [0.4, 0.5) is 5.82 Å². The van der Waals surface area contributed by atoms with Crippen LogP contribution in [0, 0.1) is 0 Å². The van der Waals surface area contributed by atoms with Crippen LogP contribution in [0.1, 0.15) is 24.8 Å². The number of anilines is 1. The molecule has 1 fully saturated rings. The van der Waals surface area contributed by atoms with Gasteiger partial charge in [0.25, 0.3) is 5.56 Å². The molecule has 1 N–H and O–H groups in total. The first-order valence-electron chi connectivity index (χ1n) is 8.20. The Kier molecular flexibility index (Phi) is 4.98. The highest BCUT2D eigenvalue weighted by Crippen LogP contribution is 2.15. The van der Waals surface area contributed by atoms with Crippen LogP contribution in [-0.4, -0.2) is 34.6 Å². The lowest BCUT2D eigenvalue weighted by molar-refractivity contribution is -0.121. The fraction of sp³-hybridized carbons (Fsp3) is 0.471. The van der Waals surface area contributed by atoms with Crippen molar-refractivity contribution in [3.63, 3.8) is 0 Å². The van der Waals surface area contributed by atoms with E-state index >= 15 is 0 Å². The van der Waals surface area contributed by atoms with E-state index in [-0.39, 0.29) is 17.5 Å². The minimum Gasteiger partial charge on any atom is -0.472 e. The van der Waals surface area contributed by atoms with Crippen LogP contribution in [0.25, 0.3) is 0 Å². The molecule has 1 unspecified atom stereocenters. The van der Waals surface area contributed by atoms with Crippen LogP contribution in [0.5, 0.6) is 0 Å². The van der Waals surface area contributed by atoms with Gasteiger partial charge in [-0.2, -0.15) is 0 Å². The molecule has 24 heavy (non-hydrogen) atoms. The Morgan fingerprint density at radius 3 is 3.17 bits per heavy atom. The Hall–Kier alpha value is -2.57. The first-order chi connectivity index (χ1) is 11.6. The Labute approximate surface area is 140 Å². The number of hydrogen-bond donors (Lipinski definition) is 1. The lowest BCUT2D eigenvalue weighted by Crippen LogP contribution is -2.49. The highest BCUT2D eigenvalue weighted by molar-refractivity contribution is 5.76. The number of rotatable bonds is 5. The summed E-state index contributed by atoms with van der Waals surface area (Å²) in [6.45, 7) is 1.40. The predicted molar refractivity (Wildman–Crippen MR) is 89.9 cm³/mol. The standard InChI is InChI=1S/C17H22N4O3/c1-20-9-7-18-16(17(20)23)21-8-2-3-14(11-21)19-15(22)5-4-13-6-10-24-12-13/h6-7,9-10,12,14H,2-5,8,11H2,1H3,(H,19,22). The van der Waals surface area contributed by atoms with E-state index in [0.29, 0.717) is 25.2 Å². The quantitative estimate of drug-likeness (QED) is 0.888. The number of aryl methyl sites for hydroxylation is 2. The summed E-state index contributed by atoms with van der Waals surface area (Å²) in [5.41, 5.74) is 0.914. The largest absolute Gasteiger partial charge is 0.472 e. The fourth-order valence-electron chi connectivity index (χ4n) is 2.98. The van der Waals surface area contributed by atoms with Gasteiger partial charge in [0.05, 0.1) is 12.5 Å². The van der Waals surface area contributed by atoms with Gasteiger partial charge in [-0.05, 0) is 30.9 Å². The van der Waals surface area contributed by atoms with Gasteiger partial charge in [-0.25, -0.2) is 4.98 Å². The van der Waals surface area contributed by atoms with E-state index in [2.05, 4.69) is 10.3 Å². The summed E-state index contributed by atoms with van der Waals surface area (Å²) in [7, 11) is 1.71. The molecule has 0 radical (unpaired) electrons. The number of carbonyl (C=O) groups excluding carboxylic acids is 1. The van der Waals surface area contributed by atoms with Crippen molar-refractivity contribution in [1.29, 1.82) is 0 Å². The van der Waals surface area contributed by atoms with Crippen molar-refractivity contribution in [2.75, 3.05) is 18.0 Å². The lowest BCUT2D eigenvalue weighted by atomic mass is 10.1. The normalized spacial score (nSPS) is 17.7. The number of nitrogens with one attached hydrogen (secondary N) is 1. The molecule has 7 nitrogen and oxygen atoms in total. The zero-order chi connectivity index (χ0) is 16.9. The van der Waals surface area contributed by atoms with Gasteiger partial charge in [-0.3, -0.25) is 9.59 Å². The molecule has 1 amide bonds. The topological polar surface area (TPSA) is 80.4 Å². The molecule has 128 valence electrons. The van der Waals surface area contributed by atoms with Crippen LogP contribution in [0.3, 0.4) is 0 Å². The Bertz CT molecular complexity index is 739. The number of nitrogens with zero attached hydrogens (tertiary/aromatic N) is 3. The third kappa shape index (κ3) is 3.84. The average Bonchev–Trinajstić information content (AvgIpc) is 3.09. The zero-order valence-electron chi connectivity index (χ0n) is 13.8. The maximum atomic E-state index is 12.2. The van der Waals surface area contributed by atoms with Crippen molar-refractivity contribution in [2.45, 2.75) is 31.7 Å². The minimum atomic E-state index is -0.107. The highest BCUT2D eigenvalue weighted by Gasteiger charge is 2.24. The molecule has 1 aliphatic rings. The maximum Gasteiger partial charge on any atom is 0.293 e. The molecule has 0 aliphatic carbocycles. The van der Waals surface area contributed by atoms with Crippen molar-refractivity contribution < 1.29 is 9.21 Å². The van der Waals surface area contributed by atoms with Crippen LogP contribution in [0.15, 0.2) is 40.2 Å². The Morgan fingerprint density at radius 2 is 2.38 bits per heavy atom. The van der Waals surface area contributed by atoms with E-state index < -0.39 is 0 Å². The van der Waals surface area contributed by atoms with Crippen molar-refractivity contribution in [2.24, 2.45) is 7.05 Å². The van der Waals surface area contributed by atoms with Gasteiger partial charge in [-0.1, -0.05) is 0 Å². The van der Waals surface area contributed by atoms with Gasteiger partial charge < -0.3 is 19.2 Å². The van der Waals surface area contributed by atoms with E-state index in [9.17, 15) is 9.59 Å². The average molecular weight is 330 g/mol. The SMILES string of the molecule is Cn1ccnc(N2CCCC(NC(=O)CCc3ccoc3)C2)c1=O. The van der Waals surface area contributed by atoms with E-state index in [1.165, 1.54) is 4.57 Å². The fourth-order valence-corrected chi connectivity index (χ4v) is 2.98. The predicted octanol–water partition coefficient (Wildman–Crippen LogP) is 1.09. The molecule has 7 heteroatoms. The number of aromatic nitrogens is 2. The molecule has 1 saturated heterocycles. The second kappa shape index (κ2) is 7.33. The summed E-state index contributed by atoms with van der Waals surface area (Å²) in [5, 5.41) is 3.07. The molecular weight excluding hydrogens is 308 g/mol. The van der Waals surface area contributed by atoms with Gasteiger partial charge in [0.15, 0.2) is 5.82 Å². The molecule has 0 saturated carbocycles. The molecule has 1 aliphatic heterocycles. The maximum absolute atomic E-state index is 12.2. The molecule has 3 heterocycles. The smallest absolute Gasteiger partial charge is 0.293 e. The third-order valence-corrected chi connectivity index (χ3v) is 4.31. The Morgan fingerprint density at radius 1 is 1.50 bits per heavy atom. The van der Waals surface area contributed by atoms with Gasteiger partial charge in [0, 0.05) is 45.0 Å². The summed E-state index contributed by atoms with van der Waals surface area (Å²) in [6.07, 6.45) is 9.48. The molecule has 0 bridgehead atoms. The van der Waals surface area contributed by atoms with E-state index in [1.807, 2.05) is 11.0 Å². The van der Waals surface area contributed by atoms with E-state index in [1.54, 1.807) is 32.0 Å². The van der Waals surface area contributed by atoms with Gasteiger partial charge in [0.2, 0.25) is 5.91 Å². The second-order valence-corrected chi connectivity index (χ2v) is 6.15. The van der Waals surface area contributed by atoms with E-state index in [0.717, 1.165) is 24.9 Å². The second-order valence-electron chi connectivity index (χ2n) is 6.15. The number of amides is 1. The van der Waals surface area contributed by atoms with Crippen LogP contribution >= 0.6 is 0 Å². The van der Waals surface area contributed by atoms with Crippen molar-refractivity contribution in [3.8, 4) is 0 Å². The van der Waals surface area contributed by atoms with Crippen molar-refractivity contribution in [3.05, 3.63) is 46.9 Å². The van der Waals surface area contributed by atoms with Gasteiger partial charge in [-0.15, -0.1) is 0 Å². The lowest BCUT2D eigenvalue weighted by Gasteiger charge is -2.33. The van der Waals surface area contributed by atoms with Crippen LogP contribution in [0.2, 0.25) is 0 Å². The summed E-state index contributed by atoms with van der Waals surface area (Å²) >= 11 is 0. The molecule has 0 spiro atoms. The molecule has 3 rings (SSSR count). The summed E-state index contributed by atoms with van der Waals surface area (Å²) in [6, 6.07) is 1.91. The monoisotopic (exact) mass is 330 g/mol. The number of hydrogen-bond acceptors (Lipinski definition) is 5. The molecule has 0 aromatic carbocycles. The van der Waals surface area contributed by atoms with Crippen LogP contribution in [-0.2, 0) is 18.3 Å².